The Kier molecular flexibility index (Phi) is 5.11. The Morgan fingerprint density at radius 3 is 2.30 bits per heavy atom. The van der Waals surface area contributed by atoms with Crippen molar-refractivity contribution in [2.24, 2.45) is 0 Å². The summed E-state index contributed by atoms with van der Waals surface area (Å²) in [6.45, 7) is 4.18. The van der Waals surface area contributed by atoms with Crippen LogP contribution in [0.3, 0.4) is 0 Å². The zero-order valence-corrected chi connectivity index (χ0v) is 16.8. The van der Waals surface area contributed by atoms with E-state index in [4.69, 9.17) is 0 Å². The first-order valence-electron chi connectivity index (χ1n) is 9.85. The summed E-state index contributed by atoms with van der Waals surface area (Å²) >= 11 is 0. The first kappa shape index (κ1) is 19.8. The molecule has 1 aromatic heterocycles. The number of halogens is 1. The van der Waals surface area contributed by atoms with Crippen LogP contribution in [0.5, 0.6) is 0 Å². The van der Waals surface area contributed by atoms with Crippen molar-refractivity contribution in [3.8, 4) is 0 Å². The fraction of sp³-hybridized carbons (Fsp3) is 0.261. The zero-order chi connectivity index (χ0) is 21.4. The molecular formula is C23H22FN3O3. The second-order valence-corrected chi connectivity index (χ2v) is 7.68. The highest BCUT2D eigenvalue weighted by Gasteiger charge is 2.37. The number of nitrogens with one attached hydrogen (secondary N) is 1. The number of ketones is 1. The number of hydrogen-bond donors (Lipinski definition) is 1. The number of fused-ring (bicyclic) bond motifs is 1. The van der Waals surface area contributed by atoms with E-state index >= 15 is 0 Å². The van der Waals surface area contributed by atoms with E-state index in [1.54, 1.807) is 35.2 Å². The van der Waals surface area contributed by atoms with E-state index < -0.39 is 17.5 Å². The zero-order valence-electron chi connectivity index (χ0n) is 16.8. The smallest absolute Gasteiger partial charge is 0.295 e. The lowest BCUT2D eigenvalue weighted by Gasteiger charge is -2.44. The highest BCUT2D eigenvalue weighted by atomic mass is 19.1. The molecule has 4 rings (SSSR count). The Morgan fingerprint density at radius 1 is 0.967 bits per heavy atom. The van der Waals surface area contributed by atoms with Gasteiger partial charge in [-0.3, -0.25) is 14.4 Å². The maximum atomic E-state index is 14.2. The Bertz CT molecular complexity index is 1110. The van der Waals surface area contributed by atoms with E-state index in [0.29, 0.717) is 11.1 Å². The molecule has 0 bridgehead atoms. The molecule has 2 atom stereocenters. The second kappa shape index (κ2) is 7.74. The number of carbonyl (C=O) groups excluding carboxylic acids is 3. The van der Waals surface area contributed by atoms with Gasteiger partial charge in [0.05, 0.1) is 5.56 Å². The molecule has 0 aliphatic carbocycles. The first-order chi connectivity index (χ1) is 14.4. The highest BCUT2D eigenvalue weighted by Crippen LogP contribution is 2.24. The average Bonchev–Trinajstić information content (AvgIpc) is 3.18. The highest BCUT2D eigenvalue weighted by molar-refractivity contribution is 6.44. The molecule has 154 valence electrons. The number of rotatable bonds is 3. The Labute approximate surface area is 173 Å². The summed E-state index contributed by atoms with van der Waals surface area (Å²) in [5.41, 5.74) is 1.07. The third-order valence-corrected chi connectivity index (χ3v) is 5.56. The molecule has 1 saturated heterocycles. The Hall–Kier alpha value is -3.48. The number of nitrogens with zero attached hydrogens (tertiary/aromatic N) is 2. The van der Waals surface area contributed by atoms with Gasteiger partial charge >= 0.3 is 0 Å². The van der Waals surface area contributed by atoms with Gasteiger partial charge in [0.25, 0.3) is 17.6 Å². The van der Waals surface area contributed by atoms with E-state index in [2.05, 4.69) is 4.98 Å². The van der Waals surface area contributed by atoms with Gasteiger partial charge in [0.1, 0.15) is 5.82 Å². The summed E-state index contributed by atoms with van der Waals surface area (Å²) in [6.07, 6.45) is 1.37. The lowest BCUT2D eigenvalue weighted by atomic mass is 10.0. The maximum absolute atomic E-state index is 14.2. The van der Waals surface area contributed by atoms with Crippen molar-refractivity contribution in [2.75, 3.05) is 13.1 Å². The number of H-pyrrole nitrogens is 1. The Morgan fingerprint density at radius 2 is 1.63 bits per heavy atom. The quantitative estimate of drug-likeness (QED) is 0.535. The predicted molar refractivity (Wildman–Crippen MR) is 111 cm³/mol. The molecule has 1 fully saturated rings. The molecule has 1 aliphatic rings. The number of carbonyl (C=O) groups is 3. The SMILES string of the molecule is C[C@@H]1CN(C(=O)C(=O)c2c[nH]c3cccc(F)c23)C[C@H](C)N1C(=O)c1ccccc1. The van der Waals surface area contributed by atoms with Crippen LogP contribution in [0.1, 0.15) is 34.6 Å². The predicted octanol–water partition coefficient (Wildman–Crippen LogP) is 3.25. The lowest BCUT2D eigenvalue weighted by molar-refractivity contribution is -0.129. The van der Waals surface area contributed by atoms with Gasteiger partial charge in [0.15, 0.2) is 0 Å². The van der Waals surface area contributed by atoms with E-state index in [-0.39, 0.29) is 42.0 Å². The third-order valence-electron chi connectivity index (χ3n) is 5.56. The number of benzene rings is 2. The molecule has 2 amide bonds. The minimum atomic E-state index is -0.756. The number of Topliss-reactive ketones (excluding diaryl/α,β-unsaturated/α-hetero) is 1. The normalized spacial score (nSPS) is 19.2. The van der Waals surface area contributed by atoms with E-state index in [1.165, 1.54) is 23.2 Å². The van der Waals surface area contributed by atoms with Gasteiger partial charge in [-0.25, -0.2) is 4.39 Å². The van der Waals surface area contributed by atoms with Crippen molar-refractivity contribution in [1.29, 1.82) is 0 Å². The van der Waals surface area contributed by atoms with Crippen LogP contribution in [0.2, 0.25) is 0 Å². The van der Waals surface area contributed by atoms with Crippen molar-refractivity contribution >= 4 is 28.5 Å². The minimum absolute atomic E-state index is 0.0243. The third kappa shape index (κ3) is 3.36. The fourth-order valence-electron chi connectivity index (χ4n) is 4.20. The molecule has 1 aliphatic heterocycles. The van der Waals surface area contributed by atoms with Crippen molar-refractivity contribution < 1.29 is 18.8 Å². The van der Waals surface area contributed by atoms with Crippen LogP contribution in [0.4, 0.5) is 4.39 Å². The van der Waals surface area contributed by atoms with Crippen LogP contribution < -0.4 is 0 Å². The standard InChI is InChI=1S/C23H22FN3O3/c1-14-12-26(13-15(2)27(14)22(29)16-7-4-3-5-8-16)23(30)21(28)17-11-25-19-10-6-9-18(24)20(17)19/h3-11,14-15,25H,12-13H2,1-2H3/t14-,15+. The molecule has 0 unspecified atom stereocenters. The monoisotopic (exact) mass is 407 g/mol. The van der Waals surface area contributed by atoms with Crippen LogP contribution in [-0.4, -0.2) is 57.6 Å². The van der Waals surface area contributed by atoms with Gasteiger partial charge in [-0.05, 0) is 38.1 Å². The Balaban J connectivity index is 1.54. The number of aromatic nitrogens is 1. The van der Waals surface area contributed by atoms with E-state index in [0.717, 1.165) is 0 Å². The largest absolute Gasteiger partial charge is 0.360 e. The van der Waals surface area contributed by atoms with E-state index in [1.807, 2.05) is 19.9 Å². The van der Waals surface area contributed by atoms with Gasteiger partial charge in [0.2, 0.25) is 0 Å². The van der Waals surface area contributed by atoms with Crippen LogP contribution in [-0.2, 0) is 4.79 Å². The molecule has 2 aromatic carbocycles. The van der Waals surface area contributed by atoms with Crippen molar-refractivity contribution in [1.82, 2.24) is 14.8 Å². The summed E-state index contributed by atoms with van der Waals surface area (Å²) in [5, 5.41) is 0.120. The van der Waals surface area contributed by atoms with Gasteiger partial charge in [-0.1, -0.05) is 24.3 Å². The second-order valence-electron chi connectivity index (χ2n) is 7.68. The minimum Gasteiger partial charge on any atom is -0.360 e. The molecule has 0 saturated carbocycles. The van der Waals surface area contributed by atoms with Crippen molar-refractivity contribution in [3.05, 3.63) is 71.7 Å². The maximum Gasteiger partial charge on any atom is 0.295 e. The summed E-state index contributed by atoms with van der Waals surface area (Å²) in [5.74, 6) is -2.10. The molecule has 2 heterocycles. The summed E-state index contributed by atoms with van der Waals surface area (Å²) < 4.78 is 14.2. The lowest BCUT2D eigenvalue weighted by Crippen LogP contribution is -2.60. The van der Waals surface area contributed by atoms with Crippen LogP contribution >= 0.6 is 0 Å². The number of aromatic amines is 1. The fourth-order valence-corrected chi connectivity index (χ4v) is 4.20. The molecule has 7 heteroatoms. The van der Waals surface area contributed by atoms with Crippen LogP contribution in [0.15, 0.2) is 54.7 Å². The topological polar surface area (TPSA) is 73.5 Å². The molecule has 1 N–H and O–H groups in total. The molecular weight excluding hydrogens is 385 g/mol. The van der Waals surface area contributed by atoms with Gasteiger partial charge < -0.3 is 14.8 Å². The number of hydrogen-bond acceptors (Lipinski definition) is 3. The molecule has 0 radical (unpaired) electrons. The van der Waals surface area contributed by atoms with Crippen LogP contribution in [0, 0.1) is 5.82 Å². The number of piperazine rings is 1. The average molecular weight is 407 g/mol. The van der Waals surface area contributed by atoms with Crippen molar-refractivity contribution in [2.45, 2.75) is 25.9 Å². The summed E-state index contributed by atoms with van der Waals surface area (Å²) in [7, 11) is 0. The summed E-state index contributed by atoms with van der Waals surface area (Å²) in [4.78, 5) is 44.7. The first-order valence-corrected chi connectivity index (χ1v) is 9.85. The molecule has 3 aromatic rings. The number of amides is 2. The summed E-state index contributed by atoms with van der Waals surface area (Å²) in [6, 6.07) is 12.9. The van der Waals surface area contributed by atoms with Gasteiger partial charge in [0, 0.05) is 47.8 Å². The van der Waals surface area contributed by atoms with Crippen LogP contribution in [0.25, 0.3) is 10.9 Å². The van der Waals surface area contributed by atoms with Gasteiger partial charge in [-0.2, -0.15) is 0 Å². The van der Waals surface area contributed by atoms with Crippen molar-refractivity contribution in [3.63, 3.8) is 0 Å². The molecule has 6 nitrogen and oxygen atoms in total. The van der Waals surface area contributed by atoms with E-state index in [9.17, 15) is 18.8 Å². The van der Waals surface area contributed by atoms with Gasteiger partial charge in [-0.15, -0.1) is 0 Å². The molecule has 30 heavy (non-hydrogen) atoms. The molecule has 0 spiro atoms.